The van der Waals surface area contributed by atoms with E-state index in [2.05, 4.69) is 10.6 Å². The number of halogens is 3. The predicted molar refractivity (Wildman–Crippen MR) is 85.6 cm³/mol. The molecule has 7 heteroatoms. The highest BCUT2D eigenvalue weighted by Crippen LogP contribution is 2.27. The lowest BCUT2D eigenvalue weighted by molar-refractivity contribution is 0.234. The molecule has 110 valence electrons. The van der Waals surface area contributed by atoms with Crippen LogP contribution in [0, 0.1) is 0 Å². The number of rotatable bonds is 4. The van der Waals surface area contributed by atoms with E-state index in [0.717, 1.165) is 0 Å². The van der Waals surface area contributed by atoms with Gasteiger partial charge in [0.15, 0.2) is 6.73 Å². The van der Waals surface area contributed by atoms with Crippen LogP contribution in [0.1, 0.15) is 0 Å². The summed E-state index contributed by atoms with van der Waals surface area (Å²) in [5.41, 5.74) is 0.626. The fourth-order valence-corrected chi connectivity index (χ4v) is 2.07. The van der Waals surface area contributed by atoms with E-state index in [-0.39, 0.29) is 6.73 Å². The molecule has 0 saturated heterocycles. The molecule has 2 N–H and O–H groups in total. The number of anilines is 1. The number of urea groups is 1. The first kappa shape index (κ1) is 15.8. The molecule has 2 rings (SSSR count). The van der Waals surface area contributed by atoms with Crippen LogP contribution >= 0.6 is 34.8 Å². The van der Waals surface area contributed by atoms with Gasteiger partial charge >= 0.3 is 6.03 Å². The standard InChI is InChI=1S/C14H11Cl3N2O2/c15-9-1-4-11(5-2-9)19-14(20)18-8-21-13-6-3-10(16)7-12(13)17/h1-7H,8H2,(H2,18,19,20). The number of benzene rings is 2. The van der Waals surface area contributed by atoms with E-state index in [4.69, 9.17) is 39.5 Å². The molecule has 21 heavy (non-hydrogen) atoms. The topological polar surface area (TPSA) is 50.4 Å². The average molecular weight is 346 g/mol. The lowest BCUT2D eigenvalue weighted by atomic mass is 10.3. The Morgan fingerprint density at radius 1 is 1.00 bits per heavy atom. The van der Waals surface area contributed by atoms with E-state index in [1.165, 1.54) is 0 Å². The quantitative estimate of drug-likeness (QED) is 0.782. The van der Waals surface area contributed by atoms with Gasteiger partial charge in [-0.05, 0) is 42.5 Å². The summed E-state index contributed by atoms with van der Waals surface area (Å²) in [4.78, 5) is 11.6. The fourth-order valence-electron chi connectivity index (χ4n) is 1.48. The molecule has 0 saturated carbocycles. The molecule has 0 spiro atoms. The number of carbonyl (C=O) groups excluding carboxylic acids is 1. The van der Waals surface area contributed by atoms with Crippen molar-refractivity contribution in [3.05, 3.63) is 57.5 Å². The van der Waals surface area contributed by atoms with E-state index < -0.39 is 6.03 Å². The van der Waals surface area contributed by atoms with Crippen molar-refractivity contribution < 1.29 is 9.53 Å². The molecule has 2 amide bonds. The summed E-state index contributed by atoms with van der Waals surface area (Å²) in [5.74, 6) is 0.438. The van der Waals surface area contributed by atoms with Crippen LogP contribution in [0.25, 0.3) is 0 Å². The summed E-state index contributed by atoms with van der Waals surface area (Å²) in [6.07, 6.45) is 0. The molecule has 0 unspecified atom stereocenters. The van der Waals surface area contributed by atoms with Crippen LogP contribution in [0.15, 0.2) is 42.5 Å². The van der Waals surface area contributed by atoms with Crippen molar-refractivity contribution in [2.75, 3.05) is 12.0 Å². The second-order valence-corrected chi connectivity index (χ2v) is 5.28. The van der Waals surface area contributed by atoms with Crippen LogP contribution in [-0.4, -0.2) is 12.8 Å². The minimum absolute atomic E-state index is 0.0270. The number of nitrogens with one attached hydrogen (secondary N) is 2. The zero-order valence-electron chi connectivity index (χ0n) is 10.7. The number of ether oxygens (including phenoxy) is 1. The maximum absolute atomic E-state index is 11.6. The lowest BCUT2D eigenvalue weighted by Crippen LogP contribution is -2.32. The molecule has 0 aliphatic carbocycles. The highest BCUT2D eigenvalue weighted by molar-refractivity contribution is 6.35. The maximum Gasteiger partial charge on any atom is 0.321 e. The molecule has 0 atom stereocenters. The summed E-state index contributed by atoms with van der Waals surface area (Å²) >= 11 is 17.5. The van der Waals surface area contributed by atoms with Crippen molar-refractivity contribution in [2.45, 2.75) is 0 Å². The Morgan fingerprint density at radius 2 is 1.67 bits per heavy atom. The van der Waals surface area contributed by atoms with Crippen LogP contribution in [0.3, 0.4) is 0 Å². The van der Waals surface area contributed by atoms with Crippen molar-refractivity contribution in [1.82, 2.24) is 5.32 Å². The molecule has 0 bridgehead atoms. The number of hydrogen-bond donors (Lipinski definition) is 2. The van der Waals surface area contributed by atoms with Gasteiger partial charge in [0.2, 0.25) is 0 Å². The lowest BCUT2D eigenvalue weighted by Gasteiger charge is -2.10. The minimum Gasteiger partial charge on any atom is -0.472 e. The zero-order chi connectivity index (χ0) is 15.2. The van der Waals surface area contributed by atoms with Crippen molar-refractivity contribution in [3.63, 3.8) is 0 Å². The van der Waals surface area contributed by atoms with Gasteiger partial charge in [0.25, 0.3) is 0 Å². The third kappa shape index (κ3) is 5.01. The van der Waals surface area contributed by atoms with Crippen LogP contribution in [-0.2, 0) is 0 Å². The summed E-state index contributed by atoms with van der Waals surface area (Å²) in [6, 6.07) is 11.2. The van der Waals surface area contributed by atoms with Gasteiger partial charge in [-0.1, -0.05) is 34.8 Å². The van der Waals surface area contributed by atoms with Gasteiger partial charge in [-0.2, -0.15) is 0 Å². The Hall–Kier alpha value is -1.62. The van der Waals surface area contributed by atoms with Gasteiger partial charge in [0, 0.05) is 15.7 Å². The molecule has 0 aromatic heterocycles. The number of amides is 2. The average Bonchev–Trinajstić information content (AvgIpc) is 2.44. The summed E-state index contributed by atoms with van der Waals surface area (Å²) in [7, 11) is 0. The van der Waals surface area contributed by atoms with E-state index in [9.17, 15) is 4.79 Å². The zero-order valence-corrected chi connectivity index (χ0v) is 13.0. The number of carbonyl (C=O) groups is 1. The van der Waals surface area contributed by atoms with Gasteiger partial charge < -0.3 is 15.4 Å². The molecular formula is C14H11Cl3N2O2. The SMILES string of the molecule is O=C(NCOc1ccc(Cl)cc1Cl)Nc1ccc(Cl)cc1. The van der Waals surface area contributed by atoms with E-state index in [1.807, 2.05) is 0 Å². The highest BCUT2D eigenvalue weighted by atomic mass is 35.5. The molecule has 0 aliphatic heterocycles. The fraction of sp³-hybridized carbons (Fsp3) is 0.0714. The van der Waals surface area contributed by atoms with Gasteiger partial charge in [-0.15, -0.1) is 0 Å². The van der Waals surface area contributed by atoms with Gasteiger partial charge in [0.1, 0.15) is 5.75 Å². The van der Waals surface area contributed by atoms with E-state index in [1.54, 1.807) is 42.5 Å². The van der Waals surface area contributed by atoms with Crippen LogP contribution in [0.5, 0.6) is 5.75 Å². The van der Waals surface area contributed by atoms with Gasteiger partial charge in [0.05, 0.1) is 5.02 Å². The van der Waals surface area contributed by atoms with E-state index in [0.29, 0.717) is 26.5 Å². The third-order valence-electron chi connectivity index (χ3n) is 2.46. The Labute approximate surface area is 137 Å². The van der Waals surface area contributed by atoms with Crippen LogP contribution < -0.4 is 15.4 Å². The van der Waals surface area contributed by atoms with Gasteiger partial charge in [-0.25, -0.2) is 4.79 Å². The Kier molecular flexibility index (Phi) is 5.56. The summed E-state index contributed by atoms with van der Waals surface area (Å²) in [5, 5.41) is 6.67. The van der Waals surface area contributed by atoms with Crippen molar-refractivity contribution in [3.8, 4) is 5.75 Å². The maximum atomic E-state index is 11.6. The first-order valence-corrected chi connectivity index (χ1v) is 7.06. The van der Waals surface area contributed by atoms with Crippen molar-refractivity contribution in [1.29, 1.82) is 0 Å². The molecule has 0 fully saturated rings. The minimum atomic E-state index is -0.401. The van der Waals surface area contributed by atoms with Crippen LogP contribution in [0.4, 0.5) is 10.5 Å². The van der Waals surface area contributed by atoms with E-state index >= 15 is 0 Å². The third-order valence-corrected chi connectivity index (χ3v) is 3.24. The van der Waals surface area contributed by atoms with Crippen LogP contribution in [0.2, 0.25) is 15.1 Å². The largest absolute Gasteiger partial charge is 0.472 e. The predicted octanol–water partition coefficient (Wildman–Crippen LogP) is 4.80. The Bertz CT molecular complexity index is 633. The normalized spacial score (nSPS) is 10.0. The van der Waals surface area contributed by atoms with Crippen molar-refractivity contribution >= 4 is 46.5 Å². The van der Waals surface area contributed by atoms with Gasteiger partial charge in [-0.3, -0.25) is 0 Å². The Morgan fingerprint density at radius 3 is 2.33 bits per heavy atom. The summed E-state index contributed by atoms with van der Waals surface area (Å²) < 4.78 is 5.34. The summed E-state index contributed by atoms with van der Waals surface area (Å²) in [6.45, 7) is -0.0270. The molecule has 2 aromatic rings. The van der Waals surface area contributed by atoms with Crippen molar-refractivity contribution in [2.24, 2.45) is 0 Å². The smallest absolute Gasteiger partial charge is 0.321 e. The monoisotopic (exact) mass is 344 g/mol. The number of hydrogen-bond acceptors (Lipinski definition) is 2. The molecular weight excluding hydrogens is 335 g/mol. The molecule has 0 aliphatic rings. The first-order valence-electron chi connectivity index (χ1n) is 5.93. The highest BCUT2D eigenvalue weighted by Gasteiger charge is 2.04. The first-order chi connectivity index (χ1) is 10.0. The second-order valence-electron chi connectivity index (χ2n) is 4.00. The molecule has 0 radical (unpaired) electrons. The molecule has 0 heterocycles. The molecule has 2 aromatic carbocycles. The molecule has 4 nitrogen and oxygen atoms in total. The second kappa shape index (κ2) is 7.41. The Balaban J connectivity index is 1.80.